The van der Waals surface area contributed by atoms with Gasteiger partial charge in [-0.05, 0) is 96.3 Å². The highest BCUT2D eigenvalue weighted by Crippen LogP contribution is 2.17. The van der Waals surface area contributed by atoms with E-state index in [4.69, 9.17) is 4.74 Å². The number of amides is 1. The first-order chi connectivity index (χ1) is 32.0. The Hall–Kier alpha value is -3.22. The normalized spacial score (nSPS) is 14.0. The van der Waals surface area contributed by atoms with Gasteiger partial charge < -0.3 is 20.3 Å². The van der Waals surface area contributed by atoms with Gasteiger partial charge in [-0.3, -0.25) is 9.59 Å². The van der Waals surface area contributed by atoms with Gasteiger partial charge >= 0.3 is 5.97 Å². The summed E-state index contributed by atoms with van der Waals surface area (Å²) in [5.41, 5.74) is 0. The Balaban J connectivity index is 4.73. The smallest absolute Gasteiger partial charge is 0.306 e. The van der Waals surface area contributed by atoms with Crippen LogP contribution in [-0.2, 0) is 14.3 Å². The lowest BCUT2D eigenvalue weighted by molar-refractivity contribution is -0.151. The van der Waals surface area contributed by atoms with Crippen LogP contribution < -0.4 is 5.32 Å². The third-order valence-electron chi connectivity index (χ3n) is 11.7. The van der Waals surface area contributed by atoms with E-state index in [1.165, 1.54) is 83.5 Å². The molecule has 0 aliphatic rings. The molecule has 0 aliphatic carbocycles. The molecule has 0 saturated heterocycles. The molecule has 0 bridgehead atoms. The van der Waals surface area contributed by atoms with Crippen molar-refractivity contribution in [2.24, 2.45) is 0 Å². The number of unbranched alkanes of at least 4 members (excludes halogenated alkanes) is 21. The summed E-state index contributed by atoms with van der Waals surface area (Å²) in [5.74, 6) is -0.551. The quantitative estimate of drug-likeness (QED) is 0.0245. The molecule has 0 fully saturated rings. The average Bonchev–Trinajstić information content (AvgIpc) is 3.30. The maximum atomic E-state index is 13.2. The number of hydrogen-bond donors (Lipinski definition) is 3. The summed E-state index contributed by atoms with van der Waals surface area (Å²) in [6.45, 7) is 6.33. The van der Waals surface area contributed by atoms with Crippen molar-refractivity contribution in [1.82, 2.24) is 5.32 Å². The molecule has 0 rings (SSSR count). The van der Waals surface area contributed by atoms with E-state index in [0.717, 1.165) is 109 Å². The molecule has 372 valence electrons. The van der Waals surface area contributed by atoms with Crippen molar-refractivity contribution in [3.63, 3.8) is 0 Å². The lowest BCUT2D eigenvalue weighted by Crippen LogP contribution is -2.46. The minimum absolute atomic E-state index is 0.0361. The summed E-state index contributed by atoms with van der Waals surface area (Å²) in [6.07, 6.45) is 68.9. The monoisotopic (exact) mass is 904 g/mol. The molecule has 0 spiro atoms. The Kier molecular flexibility index (Phi) is 49.2. The number of rotatable bonds is 47. The Morgan fingerprint density at radius 3 is 1.40 bits per heavy atom. The van der Waals surface area contributed by atoms with Crippen molar-refractivity contribution >= 4 is 11.9 Å². The van der Waals surface area contributed by atoms with E-state index < -0.39 is 18.2 Å². The summed E-state index contributed by atoms with van der Waals surface area (Å²) in [5, 5.41) is 23.8. The predicted molar refractivity (Wildman–Crippen MR) is 282 cm³/mol. The molecule has 0 aromatic carbocycles. The third-order valence-corrected chi connectivity index (χ3v) is 11.7. The number of esters is 1. The highest BCUT2D eigenvalue weighted by atomic mass is 16.5. The molecule has 3 N–H and O–H groups in total. The van der Waals surface area contributed by atoms with E-state index >= 15 is 0 Å². The minimum Gasteiger partial charge on any atom is -0.462 e. The molecule has 65 heavy (non-hydrogen) atoms. The van der Waals surface area contributed by atoms with Crippen molar-refractivity contribution in [2.45, 2.75) is 257 Å². The fraction of sp³-hybridized carbons (Fsp3) is 0.695. The van der Waals surface area contributed by atoms with Gasteiger partial charge in [-0.15, -0.1) is 0 Å². The Morgan fingerprint density at radius 2 is 0.892 bits per heavy atom. The molecule has 0 saturated carbocycles. The molecular weight excluding hydrogens is 803 g/mol. The van der Waals surface area contributed by atoms with Gasteiger partial charge in [-0.2, -0.15) is 0 Å². The number of aliphatic hydroxyl groups is 2. The molecule has 6 nitrogen and oxygen atoms in total. The molecule has 0 aliphatic heterocycles. The fourth-order valence-corrected chi connectivity index (χ4v) is 7.63. The number of ether oxygens (including phenoxy) is 1. The largest absolute Gasteiger partial charge is 0.462 e. The maximum Gasteiger partial charge on any atom is 0.306 e. The minimum atomic E-state index is -0.808. The van der Waals surface area contributed by atoms with Crippen LogP contribution in [0.4, 0.5) is 0 Å². The molecule has 6 heteroatoms. The molecule has 0 radical (unpaired) electrons. The predicted octanol–water partition coefficient (Wildman–Crippen LogP) is 16.5. The summed E-state index contributed by atoms with van der Waals surface area (Å²) >= 11 is 0. The van der Waals surface area contributed by atoms with Crippen LogP contribution in [0.25, 0.3) is 0 Å². The topological polar surface area (TPSA) is 95.9 Å². The molecule has 3 atom stereocenters. The zero-order chi connectivity index (χ0) is 47.4. The second kappa shape index (κ2) is 51.8. The van der Waals surface area contributed by atoms with Crippen LogP contribution in [0.3, 0.4) is 0 Å². The standard InChI is InChI=1S/C59H101NO5/c1-4-7-10-13-16-19-22-24-26-28-29-30-32-34-37-40-43-46-49-52-59(64)65-55(50-47-44-41-38-36-33-31-27-25-23-20-17-14-11-8-5-2)53-58(63)60-56(54-61)57(62)51-48-45-42-39-35-21-18-15-12-9-6-3/h7,10,16,19,23-27,29-31,33-34,36-37,55-57,61-62H,4-6,8-9,11-15,17-18,20-22,28,32,35,38-54H2,1-3H3,(H,60,63)/b10-7-,19-16-,25-23+,26-24-,30-29-,31-27+,36-33+,37-34-. The first kappa shape index (κ1) is 61.8. The van der Waals surface area contributed by atoms with Crippen LogP contribution in [0.2, 0.25) is 0 Å². The number of aliphatic hydroxyl groups excluding tert-OH is 2. The van der Waals surface area contributed by atoms with Crippen molar-refractivity contribution < 1.29 is 24.5 Å². The zero-order valence-electron chi connectivity index (χ0n) is 42.3. The second-order valence-electron chi connectivity index (χ2n) is 18.0. The van der Waals surface area contributed by atoms with Gasteiger partial charge in [0, 0.05) is 6.42 Å². The van der Waals surface area contributed by atoms with Gasteiger partial charge in [0.15, 0.2) is 0 Å². The first-order valence-electron chi connectivity index (χ1n) is 27.0. The number of carbonyl (C=O) groups is 2. The fourth-order valence-electron chi connectivity index (χ4n) is 7.63. The highest BCUT2D eigenvalue weighted by molar-refractivity contribution is 5.77. The van der Waals surface area contributed by atoms with Gasteiger partial charge in [-0.1, -0.05) is 227 Å². The second-order valence-corrected chi connectivity index (χ2v) is 18.0. The molecule has 0 aromatic rings. The highest BCUT2D eigenvalue weighted by Gasteiger charge is 2.24. The van der Waals surface area contributed by atoms with Crippen LogP contribution in [0, 0.1) is 0 Å². The van der Waals surface area contributed by atoms with E-state index in [-0.39, 0.29) is 24.9 Å². The van der Waals surface area contributed by atoms with Crippen LogP contribution in [0.1, 0.15) is 239 Å². The number of carbonyl (C=O) groups excluding carboxylic acids is 2. The van der Waals surface area contributed by atoms with Crippen LogP contribution >= 0.6 is 0 Å². The van der Waals surface area contributed by atoms with Crippen LogP contribution in [-0.4, -0.2) is 46.9 Å². The Morgan fingerprint density at radius 1 is 0.477 bits per heavy atom. The van der Waals surface area contributed by atoms with E-state index in [1.54, 1.807) is 0 Å². The van der Waals surface area contributed by atoms with Gasteiger partial charge in [0.2, 0.25) is 5.91 Å². The van der Waals surface area contributed by atoms with Gasteiger partial charge in [0.1, 0.15) is 6.10 Å². The summed E-state index contributed by atoms with van der Waals surface area (Å²) < 4.78 is 5.92. The molecule has 3 unspecified atom stereocenters. The number of allylic oxidation sites excluding steroid dienone is 16. The zero-order valence-corrected chi connectivity index (χ0v) is 42.3. The van der Waals surface area contributed by atoms with Crippen LogP contribution in [0.15, 0.2) is 97.2 Å². The van der Waals surface area contributed by atoms with E-state index in [0.29, 0.717) is 19.3 Å². The van der Waals surface area contributed by atoms with E-state index in [2.05, 4.69) is 123 Å². The maximum absolute atomic E-state index is 13.2. The van der Waals surface area contributed by atoms with E-state index in [9.17, 15) is 19.8 Å². The summed E-state index contributed by atoms with van der Waals surface area (Å²) in [7, 11) is 0. The lowest BCUT2D eigenvalue weighted by atomic mass is 10.0. The number of hydrogen-bond acceptors (Lipinski definition) is 5. The molecule has 0 aromatic heterocycles. The van der Waals surface area contributed by atoms with Gasteiger partial charge in [-0.25, -0.2) is 0 Å². The van der Waals surface area contributed by atoms with Gasteiger partial charge in [0.05, 0.1) is 25.2 Å². The molecule has 0 heterocycles. The lowest BCUT2D eigenvalue weighted by Gasteiger charge is -2.24. The SMILES string of the molecule is CC/C=C\C/C=C\C/C=C\C/C=C\C/C=C\CCCCCC(=O)OC(CCCCC/C=C/C=C/C=C/CCCCCCC)CC(=O)NC(CO)C(O)CCCCCCCCCCCCC. The van der Waals surface area contributed by atoms with Crippen molar-refractivity contribution in [2.75, 3.05) is 6.61 Å². The summed E-state index contributed by atoms with van der Waals surface area (Å²) in [4.78, 5) is 26.2. The Labute approximate surface area is 401 Å². The summed E-state index contributed by atoms with van der Waals surface area (Å²) in [6, 6.07) is -0.725. The number of nitrogens with one attached hydrogen (secondary N) is 1. The molecular formula is C59H101NO5. The molecule has 1 amide bonds. The van der Waals surface area contributed by atoms with Gasteiger partial charge in [0.25, 0.3) is 0 Å². The Bertz CT molecular complexity index is 1290. The third kappa shape index (κ3) is 47.1. The first-order valence-corrected chi connectivity index (χ1v) is 27.0. The van der Waals surface area contributed by atoms with Crippen molar-refractivity contribution in [1.29, 1.82) is 0 Å². The van der Waals surface area contributed by atoms with E-state index in [1.807, 2.05) is 0 Å². The van der Waals surface area contributed by atoms with Crippen LogP contribution in [0.5, 0.6) is 0 Å². The average molecular weight is 904 g/mol. The van der Waals surface area contributed by atoms with Crippen molar-refractivity contribution in [3.05, 3.63) is 97.2 Å². The van der Waals surface area contributed by atoms with Crippen molar-refractivity contribution in [3.8, 4) is 0 Å².